The van der Waals surface area contributed by atoms with Crippen LogP contribution in [0.2, 0.25) is 0 Å². The molecular formula is C21H32N6OS. The van der Waals surface area contributed by atoms with Crippen LogP contribution in [0.25, 0.3) is 0 Å². The number of carbonyl (C=O) groups is 1. The Morgan fingerprint density at radius 3 is 2.52 bits per heavy atom. The number of hydrazone groups is 2. The van der Waals surface area contributed by atoms with Gasteiger partial charge in [-0.3, -0.25) is 5.43 Å². The van der Waals surface area contributed by atoms with Gasteiger partial charge in [-0.25, -0.2) is 10.2 Å². The van der Waals surface area contributed by atoms with E-state index in [-0.39, 0.29) is 15.9 Å². The van der Waals surface area contributed by atoms with Gasteiger partial charge in [-0.05, 0) is 92.8 Å². The van der Waals surface area contributed by atoms with Crippen LogP contribution in [0.15, 0.2) is 21.9 Å². The summed E-state index contributed by atoms with van der Waals surface area (Å²) in [7, 11) is 0. The predicted octanol–water partition coefficient (Wildman–Crippen LogP) is 3.16. The Morgan fingerprint density at radius 1 is 1.03 bits per heavy atom. The molecule has 158 valence electrons. The molecule has 8 heteroatoms. The first-order chi connectivity index (χ1) is 13.7. The molecule has 7 nitrogen and oxygen atoms in total. The smallest absolute Gasteiger partial charge is 0.332 e. The molecule has 0 aromatic heterocycles. The maximum absolute atomic E-state index is 11.0. The second-order valence-corrected chi connectivity index (χ2v) is 10.1. The minimum Gasteiger partial charge on any atom is -0.375 e. The van der Waals surface area contributed by atoms with Crippen molar-refractivity contribution in [2.45, 2.75) is 65.2 Å². The SMILES string of the molecule is C[C@]12CC/C(=N\NC(N)=O)C=C1CC[C@H]1[C@H]2CC[C@]2(C)/C(=N/NC(N)=S)CC[C@H]12. The van der Waals surface area contributed by atoms with Crippen molar-refractivity contribution in [3.8, 4) is 0 Å². The summed E-state index contributed by atoms with van der Waals surface area (Å²) in [5.41, 5.74) is 20.0. The number of allylic oxidation sites excluding steroid dienone is 2. The Kier molecular flexibility index (Phi) is 5.17. The summed E-state index contributed by atoms with van der Waals surface area (Å²) >= 11 is 4.94. The van der Waals surface area contributed by atoms with Gasteiger partial charge in [0.25, 0.3) is 0 Å². The number of nitrogens with zero attached hydrogens (tertiary/aromatic N) is 2. The summed E-state index contributed by atoms with van der Waals surface area (Å²) in [5.74, 6) is 2.11. The lowest BCUT2D eigenvalue weighted by Gasteiger charge is -2.57. The van der Waals surface area contributed by atoms with Gasteiger partial charge in [-0.15, -0.1) is 0 Å². The van der Waals surface area contributed by atoms with Gasteiger partial charge in [0.1, 0.15) is 0 Å². The van der Waals surface area contributed by atoms with Gasteiger partial charge in [0, 0.05) is 11.1 Å². The third kappa shape index (κ3) is 3.45. The minimum absolute atomic E-state index is 0.156. The van der Waals surface area contributed by atoms with Crippen LogP contribution in [0.4, 0.5) is 4.79 Å². The summed E-state index contributed by atoms with van der Waals surface area (Å²) < 4.78 is 0. The summed E-state index contributed by atoms with van der Waals surface area (Å²) in [5, 5.41) is 9.02. The lowest BCUT2D eigenvalue weighted by Crippen LogP contribution is -2.50. The zero-order valence-corrected chi connectivity index (χ0v) is 18.1. The molecule has 0 aromatic carbocycles. The summed E-state index contributed by atoms with van der Waals surface area (Å²) in [6.45, 7) is 4.85. The molecule has 3 saturated carbocycles. The molecule has 0 aliphatic heterocycles. The molecule has 6 N–H and O–H groups in total. The Hall–Kier alpha value is -1.96. The summed E-state index contributed by atoms with van der Waals surface area (Å²) in [4.78, 5) is 11.0. The van der Waals surface area contributed by atoms with Crippen molar-refractivity contribution >= 4 is 34.8 Å². The molecule has 4 rings (SSSR count). The van der Waals surface area contributed by atoms with Crippen LogP contribution in [-0.2, 0) is 0 Å². The number of amides is 2. The first-order valence-electron chi connectivity index (χ1n) is 10.7. The highest BCUT2D eigenvalue weighted by molar-refractivity contribution is 7.80. The summed E-state index contributed by atoms with van der Waals surface area (Å²) in [6.07, 6.45) is 11.2. The Morgan fingerprint density at radius 2 is 1.79 bits per heavy atom. The maximum Gasteiger partial charge on any atom is 0.332 e. The fourth-order valence-electron chi connectivity index (χ4n) is 6.88. The monoisotopic (exact) mass is 416 g/mol. The van der Waals surface area contributed by atoms with Crippen LogP contribution >= 0.6 is 12.2 Å². The van der Waals surface area contributed by atoms with E-state index in [1.807, 2.05) is 0 Å². The van der Waals surface area contributed by atoms with Gasteiger partial charge in [0.2, 0.25) is 0 Å². The Balaban J connectivity index is 1.57. The standard InChI is InChI=1S/C21H32N6OS/c1-20-9-7-13(24-26-18(22)28)11-12(20)3-4-14-15-5-6-17(25-27-19(23)29)21(15,2)10-8-16(14)20/h11,14-16H,3-10H2,1-2H3,(H3,22,26,28)(H3,23,27,29)/b24-13+,25-17+/t14-,15-,16-,20+,21+/m1/s1. The molecule has 0 bridgehead atoms. The van der Waals surface area contributed by atoms with Crippen molar-refractivity contribution < 1.29 is 4.79 Å². The van der Waals surface area contributed by atoms with Crippen molar-refractivity contribution in [3.63, 3.8) is 0 Å². The van der Waals surface area contributed by atoms with Crippen LogP contribution in [0.5, 0.6) is 0 Å². The highest BCUT2D eigenvalue weighted by atomic mass is 32.1. The van der Waals surface area contributed by atoms with E-state index in [1.54, 1.807) is 0 Å². The molecule has 29 heavy (non-hydrogen) atoms. The molecule has 5 atom stereocenters. The fourth-order valence-corrected chi connectivity index (χ4v) is 6.93. The number of nitrogens with two attached hydrogens (primary N) is 2. The van der Waals surface area contributed by atoms with Crippen LogP contribution < -0.4 is 22.3 Å². The number of rotatable bonds is 2. The topological polar surface area (TPSA) is 118 Å². The molecular weight excluding hydrogens is 384 g/mol. The first kappa shape index (κ1) is 20.3. The molecule has 0 unspecified atom stereocenters. The van der Waals surface area contributed by atoms with Crippen LogP contribution in [0, 0.1) is 28.6 Å². The predicted molar refractivity (Wildman–Crippen MR) is 119 cm³/mol. The third-order valence-corrected chi connectivity index (χ3v) is 8.42. The fraction of sp³-hybridized carbons (Fsp3) is 0.714. The molecule has 3 fully saturated rings. The average Bonchev–Trinajstić information content (AvgIpc) is 3.01. The van der Waals surface area contributed by atoms with Gasteiger partial charge >= 0.3 is 6.03 Å². The van der Waals surface area contributed by atoms with Crippen molar-refractivity contribution in [2.24, 2.45) is 50.3 Å². The maximum atomic E-state index is 11.0. The highest BCUT2D eigenvalue weighted by Gasteiger charge is 2.58. The van der Waals surface area contributed by atoms with Gasteiger partial charge in [-0.1, -0.05) is 19.4 Å². The molecule has 4 aliphatic rings. The van der Waals surface area contributed by atoms with Crippen molar-refractivity contribution in [2.75, 3.05) is 0 Å². The number of hydrogen-bond donors (Lipinski definition) is 4. The summed E-state index contributed by atoms with van der Waals surface area (Å²) in [6, 6.07) is -0.608. The zero-order chi connectivity index (χ0) is 20.8. The lowest BCUT2D eigenvalue weighted by atomic mass is 9.47. The van der Waals surface area contributed by atoms with Gasteiger partial charge in [0.05, 0.1) is 5.71 Å². The van der Waals surface area contributed by atoms with Crippen LogP contribution in [-0.4, -0.2) is 22.6 Å². The van der Waals surface area contributed by atoms with Gasteiger partial charge in [-0.2, -0.15) is 10.2 Å². The lowest BCUT2D eigenvalue weighted by molar-refractivity contribution is -0.0155. The van der Waals surface area contributed by atoms with E-state index in [2.05, 4.69) is 41.0 Å². The van der Waals surface area contributed by atoms with Gasteiger partial charge in [0.15, 0.2) is 5.11 Å². The number of hydrogen-bond acceptors (Lipinski definition) is 4. The molecule has 0 aromatic rings. The number of fused-ring (bicyclic) bond motifs is 5. The number of thiocarbonyl (C=S) groups is 1. The van der Waals surface area contributed by atoms with Crippen LogP contribution in [0.1, 0.15) is 65.2 Å². The zero-order valence-electron chi connectivity index (χ0n) is 17.3. The van der Waals surface area contributed by atoms with E-state index in [9.17, 15) is 4.79 Å². The van der Waals surface area contributed by atoms with Crippen molar-refractivity contribution in [1.29, 1.82) is 0 Å². The van der Waals surface area contributed by atoms with Crippen LogP contribution in [0.3, 0.4) is 0 Å². The number of primary amides is 1. The molecule has 0 saturated heterocycles. The van der Waals surface area contributed by atoms with E-state index in [1.165, 1.54) is 37.0 Å². The Bertz CT molecular complexity index is 820. The van der Waals surface area contributed by atoms with E-state index in [0.29, 0.717) is 11.8 Å². The Labute approximate surface area is 177 Å². The largest absolute Gasteiger partial charge is 0.375 e. The molecule has 0 spiro atoms. The van der Waals surface area contributed by atoms with E-state index < -0.39 is 6.03 Å². The minimum atomic E-state index is -0.608. The van der Waals surface area contributed by atoms with Crippen molar-refractivity contribution in [1.82, 2.24) is 10.9 Å². The quantitative estimate of drug-likeness (QED) is 0.408. The number of urea groups is 1. The van der Waals surface area contributed by atoms with E-state index >= 15 is 0 Å². The first-order valence-corrected chi connectivity index (χ1v) is 11.1. The van der Waals surface area contributed by atoms with E-state index in [0.717, 1.165) is 37.3 Å². The second kappa shape index (κ2) is 7.38. The van der Waals surface area contributed by atoms with Crippen molar-refractivity contribution in [3.05, 3.63) is 11.6 Å². The van der Waals surface area contributed by atoms with E-state index in [4.69, 9.17) is 23.7 Å². The number of carbonyl (C=O) groups excluding carboxylic acids is 1. The molecule has 2 amide bonds. The average molecular weight is 417 g/mol. The highest BCUT2D eigenvalue weighted by Crippen LogP contribution is 2.64. The van der Waals surface area contributed by atoms with Gasteiger partial charge < -0.3 is 11.5 Å². The third-order valence-electron chi connectivity index (χ3n) is 8.33. The molecule has 4 aliphatic carbocycles. The normalized spacial score (nSPS) is 41.2. The second-order valence-electron chi connectivity index (χ2n) is 9.61. The number of nitrogens with one attached hydrogen (secondary N) is 2. The molecule has 0 heterocycles. The molecule has 0 radical (unpaired) electrons.